The maximum atomic E-state index is 11.9. The van der Waals surface area contributed by atoms with Crippen LogP contribution in [-0.2, 0) is 14.3 Å². The Morgan fingerprint density at radius 3 is 2.67 bits per heavy atom. The zero-order valence-corrected chi connectivity index (χ0v) is 12.5. The lowest BCUT2D eigenvalue weighted by Crippen LogP contribution is -2.27. The van der Waals surface area contributed by atoms with Gasteiger partial charge in [0.05, 0.1) is 17.3 Å². The normalized spacial score (nSPS) is 11.1. The Morgan fingerprint density at radius 1 is 1.43 bits per heavy atom. The first-order chi connectivity index (χ1) is 10.1. The first kappa shape index (κ1) is 17.0. The maximum Gasteiger partial charge on any atom is 0.267 e. The largest absolute Gasteiger partial charge is 0.385 e. The number of nitrogens with one attached hydrogen (secondary N) is 2. The molecule has 0 aliphatic heterocycles. The van der Waals surface area contributed by atoms with Crippen LogP contribution in [0, 0.1) is 11.3 Å². The molecule has 2 N–H and O–H groups in total. The maximum absolute atomic E-state index is 11.9. The Balaban J connectivity index is 2.65. The van der Waals surface area contributed by atoms with Gasteiger partial charge in [0, 0.05) is 20.4 Å². The zero-order chi connectivity index (χ0) is 15.7. The second kappa shape index (κ2) is 8.97. The van der Waals surface area contributed by atoms with Crippen LogP contribution in [0.3, 0.4) is 0 Å². The number of amides is 1. The van der Waals surface area contributed by atoms with Crippen molar-refractivity contribution in [2.45, 2.75) is 6.29 Å². The number of carbonyl (C=O) groups is 1. The second-order valence-corrected chi connectivity index (χ2v) is 4.32. The minimum atomic E-state index is -0.551. The zero-order valence-electron chi connectivity index (χ0n) is 11.7. The molecule has 0 atom stereocenters. The molecule has 0 fully saturated rings. The Labute approximate surface area is 128 Å². The van der Waals surface area contributed by atoms with Crippen molar-refractivity contribution in [3.8, 4) is 6.07 Å². The van der Waals surface area contributed by atoms with Crippen molar-refractivity contribution in [3.63, 3.8) is 0 Å². The number of ether oxygens (including phenoxy) is 2. The first-order valence-electron chi connectivity index (χ1n) is 6.07. The molecular formula is C14H16ClN3O3. The van der Waals surface area contributed by atoms with Crippen LogP contribution in [-0.4, -0.2) is 33.0 Å². The molecule has 0 saturated carbocycles. The smallest absolute Gasteiger partial charge is 0.267 e. The van der Waals surface area contributed by atoms with Crippen molar-refractivity contribution in [1.82, 2.24) is 5.32 Å². The van der Waals surface area contributed by atoms with E-state index in [-0.39, 0.29) is 5.57 Å². The predicted octanol–water partition coefficient (Wildman–Crippen LogP) is 1.89. The molecule has 112 valence electrons. The summed E-state index contributed by atoms with van der Waals surface area (Å²) in [6.07, 6.45) is 0.838. The highest BCUT2D eigenvalue weighted by atomic mass is 35.5. The van der Waals surface area contributed by atoms with E-state index in [4.69, 9.17) is 26.3 Å². The average Bonchev–Trinajstić information content (AvgIpc) is 2.50. The fourth-order valence-corrected chi connectivity index (χ4v) is 1.60. The molecule has 1 aromatic rings. The van der Waals surface area contributed by atoms with E-state index >= 15 is 0 Å². The van der Waals surface area contributed by atoms with Gasteiger partial charge < -0.3 is 20.1 Å². The predicted molar refractivity (Wildman–Crippen MR) is 79.6 cm³/mol. The third-order valence-electron chi connectivity index (χ3n) is 2.54. The van der Waals surface area contributed by atoms with Crippen LogP contribution in [0.2, 0.25) is 5.02 Å². The highest BCUT2D eigenvalue weighted by Crippen LogP contribution is 2.20. The molecule has 0 bridgehead atoms. The van der Waals surface area contributed by atoms with Crippen molar-refractivity contribution >= 4 is 23.2 Å². The molecule has 1 amide bonds. The number of rotatable bonds is 7. The molecule has 1 rings (SSSR count). The molecule has 0 aliphatic rings. The van der Waals surface area contributed by atoms with Gasteiger partial charge in [-0.2, -0.15) is 5.26 Å². The van der Waals surface area contributed by atoms with Crippen LogP contribution in [0.4, 0.5) is 5.69 Å². The number of hydrogen-bond donors (Lipinski definition) is 2. The molecule has 21 heavy (non-hydrogen) atoms. The number of methoxy groups -OCH3 is 2. The van der Waals surface area contributed by atoms with E-state index in [0.717, 1.165) is 0 Å². The summed E-state index contributed by atoms with van der Waals surface area (Å²) in [5.74, 6) is -0.551. The van der Waals surface area contributed by atoms with Gasteiger partial charge in [-0.15, -0.1) is 0 Å². The number of carbonyl (C=O) groups excluding carboxylic acids is 1. The summed E-state index contributed by atoms with van der Waals surface area (Å²) in [5, 5.41) is 14.8. The standard InChI is InChI=1S/C14H16ClN3O3/c1-20-13(21-2)9-17-8-10(7-16)14(19)18-12-6-4-3-5-11(12)15/h3-6,8,13,17H,9H2,1-2H3,(H,18,19)/b10-8-. The van der Waals surface area contributed by atoms with E-state index in [2.05, 4.69) is 10.6 Å². The van der Waals surface area contributed by atoms with Crippen LogP contribution in [0.5, 0.6) is 0 Å². The van der Waals surface area contributed by atoms with Crippen LogP contribution in [0.15, 0.2) is 36.0 Å². The van der Waals surface area contributed by atoms with E-state index in [1.807, 2.05) is 6.07 Å². The lowest BCUT2D eigenvalue weighted by Gasteiger charge is -2.13. The fraction of sp³-hybridized carbons (Fsp3) is 0.286. The second-order valence-electron chi connectivity index (χ2n) is 3.91. The summed E-state index contributed by atoms with van der Waals surface area (Å²) in [6, 6.07) is 8.59. The lowest BCUT2D eigenvalue weighted by atomic mass is 10.2. The minimum absolute atomic E-state index is 0.0825. The molecule has 6 nitrogen and oxygen atoms in total. The molecule has 1 aromatic carbocycles. The number of halogens is 1. The molecule has 0 heterocycles. The number of nitriles is 1. The van der Waals surface area contributed by atoms with Gasteiger partial charge in [0.2, 0.25) is 0 Å². The van der Waals surface area contributed by atoms with E-state index in [9.17, 15) is 4.79 Å². The van der Waals surface area contributed by atoms with E-state index < -0.39 is 12.2 Å². The Kier molecular flexibility index (Phi) is 7.26. The van der Waals surface area contributed by atoms with Crippen LogP contribution >= 0.6 is 11.6 Å². The van der Waals surface area contributed by atoms with Gasteiger partial charge in [-0.3, -0.25) is 4.79 Å². The molecule has 0 radical (unpaired) electrons. The molecule has 0 saturated heterocycles. The molecule has 0 spiro atoms. The van der Waals surface area contributed by atoms with Gasteiger partial charge in [-0.25, -0.2) is 0 Å². The number of benzene rings is 1. The van der Waals surface area contributed by atoms with E-state index in [0.29, 0.717) is 17.3 Å². The summed E-state index contributed by atoms with van der Waals surface area (Å²) in [5.41, 5.74) is 0.359. The third-order valence-corrected chi connectivity index (χ3v) is 2.87. The molecule has 7 heteroatoms. The summed E-state index contributed by atoms with van der Waals surface area (Å²) in [7, 11) is 2.99. The Bertz CT molecular complexity index is 551. The van der Waals surface area contributed by atoms with Crippen molar-refractivity contribution in [2.24, 2.45) is 0 Å². The fourth-order valence-electron chi connectivity index (χ4n) is 1.42. The van der Waals surface area contributed by atoms with Gasteiger partial charge in [0.25, 0.3) is 5.91 Å². The molecule has 0 unspecified atom stereocenters. The number of anilines is 1. The van der Waals surface area contributed by atoms with Crippen molar-refractivity contribution < 1.29 is 14.3 Å². The lowest BCUT2D eigenvalue weighted by molar-refractivity contribution is -0.112. The van der Waals surface area contributed by atoms with Crippen LogP contribution in [0.1, 0.15) is 0 Å². The van der Waals surface area contributed by atoms with Crippen molar-refractivity contribution in [1.29, 1.82) is 5.26 Å². The van der Waals surface area contributed by atoms with Gasteiger partial charge >= 0.3 is 0 Å². The summed E-state index contributed by atoms with van der Waals surface area (Å²) in [4.78, 5) is 11.9. The van der Waals surface area contributed by atoms with Crippen LogP contribution < -0.4 is 10.6 Å². The highest BCUT2D eigenvalue weighted by molar-refractivity contribution is 6.33. The average molecular weight is 310 g/mol. The highest BCUT2D eigenvalue weighted by Gasteiger charge is 2.11. The molecular weight excluding hydrogens is 294 g/mol. The molecule has 0 aliphatic carbocycles. The SMILES string of the molecule is COC(CN/C=C(/C#N)C(=O)Nc1ccccc1Cl)OC. The summed E-state index contributed by atoms with van der Waals surface area (Å²) < 4.78 is 9.94. The van der Waals surface area contributed by atoms with Gasteiger partial charge in [0.1, 0.15) is 11.6 Å². The topological polar surface area (TPSA) is 83.4 Å². The van der Waals surface area contributed by atoms with Gasteiger partial charge in [-0.1, -0.05) is 23.7 Å². The number of hydrogen-bond acceptors (Lipinski definition) is 5. The van der Waals surface area contributed by atoms with Gasteiger partial charge in [-0.05, 0) is 12.1 Å². The van der Waals surface area contributed by atoms with Gasteiger partial charge in [0.15, 0.2) is 6.29 Å². The Hall–Kier alpha value is -2.07. The Morgan fingerprint density at radius 2 is 2.10 bits per heavy atom. The summed E-state index contributed by atoms with van der Waals surface area (Å²) >= 11 is 5.93. The third kappa shape index (κ3) is 5.44. The van der Waals surface area contributed by atoms with Crippen molar-refractivity contribution in [3.05, 3.63) is 41.1 Å². The quantitative estimate of drug-likeness (QED) is 0.456. The minimum Gasteiger partial charge on any atom is -0.385 e. The number of para-hydroxylation sites is 1. The molecule has 0 aromatic heterocycles. The summed E-state index contributed by atoms with van der Waals surface area (Å²) in [6.45, 7) is 0.303. The van der Waals surface area contributed by atoms with Crippen LogP contribution in [0.25, 0.3) is 0 Å². The monoisotopic (exact) mass is 309 g/mol. The number of nitrogens with zero attached hydrogens (tertiary/aromatic N) is 1. The van der Waals surface area contributed by atoms with E-state index in [1.54, 1.807) is 24.3 Å². The van der Waals surface area contributed by atoms with E-state index in [1.165, 1.54) is 20.4 Å². The first-order valence-corrected chi connectivity index (χ1v) is 6.45. The van der Waals surface area contributed by atoms with Crippen molar-refractivity contribution in [2.75, 3.05) is 26.1 Å².